The summed E-state index contributed by atoms with van der Waals surface area (Å²) >= 11 is 0. The zero-order valence-corrected chi connectivity index (χ0v) is 26.0. The van der Waals surface area contributed by atoms with E-state index in [1.165, 1.54) is 18.4 Å². The zero-order chi connectivity index (χ0) is 31.3. The van der Waals surface area contributed by atoms with Gasteiger partial charge in [-0.05, 0) is 97.9 Å². The fourth-order valence-electron chi connectivity index (χ4n) is 5.92. The molecule has 9 heteroatoms. The minimum absolute atomic E-state index is 0.0281. The van der Waals surface area contributed by atoms with Gasteiger partial charge in [-0.25, -0.2) is 9.97 Å². The molecule has 0 atom stereocenters. The first-order valence-corrected chi connectivity index (χ1v) is 15.3. The maximum Gasteiger partial charge on any atom is 0.227 e. The Hall–Kier alpha value is -4.86. The van der Waals surface area contributed by atoms with Crippen molar-refractivity contribution in [2.75, 3.05) is 38.6 Å². The first kappa shape index (κ1) is 30.2. The molecule has 0 bridgehead atoms. The number of aliphatic hydroxyl groups is 1. The lowest BCUT2D eigenvalue weighted by atomic mass is 9.93. The van der Waals surface area contributed by atoms with Crippen LogP contribution in [-0.4, -0.2) is 69.4 Å². The van der Waals surface area contributed by atoms with E-state index in [2.05, 4.69) is 51.4 Å². The minimum Gasteiger partial charge on any atom is -0.436 e. The summed E-state index contributed by atoms with van der Waals surface area (Å²) < 4.78 is 6.06. The average Bonchev–Trinajstić information content (AvgIpc) is 3.71. The van der Waals surface area contributed by atoms with Gasteiger partial charge in [-0.3, -0.25) is 14.7 Å². The van der Waals surface area contributed by atoms with Gasteiger partial charge in [-0.2, -0.15) is 0 Å². The fraction of sp³-hybridized carbons (Fsp3) is 0.278. The third-order valence-corrected chi connectivity index (χ3v) is 8.43. The van der Waals surface area contributed by atoms with E-state index in [1.54, 1.807) is 12.3 Å². The molecule has 1 saturated heterocycles. The highest BCUT2D eigenvalue weighted by molar-refractivity contribution is 5.91. The number of aldehydes is 1. The van der Waals surface area contributed by atoms with E-state index in [9.17, 15) is 4.79 Å². The minimum atomic E-state index is 0.0281. The molecule has 0 unspecified atom stereocenters. The standard InChI is InChI=1S/C36H38N6O3/c1-24-28(8-6-10-30(24)36-40-32(23-44)33(45-36)13-17-41(3)18-19-43)29-9-7-11-31(25(29)2)39-35-34-27(12-14-37-35)20-26(21-38-34)22-42-15-4-5-16-42/h6-14,17,20-21,23,43H,4-5,15-16,18-19,22H2,1-3H3,(H,37,39)/b17-13-. The SMILES string of the molecule is Cc1c(Nc2nccc3cc(CN4CCCC4)cnc23)cccc1-c1cccc(-c2nc(C=O)c(/C=C\N(C)CCO)o2)c1C. The van der Waals surface area contributed by atoms with Crippen LogP contribution in [0.2, 0.25) is 0 Å². The summed E-state index contributed by atoms with van der Waals surface area (Å²) in [5.74, 6) is 1.47. The Morgan fingerprint density at radius 1 is 1.02 bits per heavy atom. The lowest BCUT2D eigenvalue weighted by Crippen LogP contribution is -2.18. The Labute approximate surface area is 263 Å². The number of aliphatic hydroxyl groups excluding tert-OH is 1. The van der Waals surface area contributed by atoms with E-state index in [0.29, 0.717) is 24.5 Å². The van der Waals surface area contributed by atoms with Crippen molar-refractivity contribution in [3.63, 3.8) is 0 Å². The summed E-state index contributed by atoms with van der Waals surface area (Å²) in [6.45, 7) is 7.86. The van der Waals surface area contributed by atoms with E-state index in [4.69, 9.17) is 14.5 Å². The van der Waals surface area contributed by atoms with Gasteiger partial charge in [0, 0.05) is 55.4 Å². The summed E-state index contributed by atoms with van der Waals surface area (Å²) in [6, 6.07) is 16.4. The van der Waals surface area contributed by atoms with Crippen molar-refractivity contribution in [1.29, 1.82) is 0 Å². The molecule has 6 rings (SSSR count). The molecular weight excluding hydrogens is 564 g/mol. The van der Waals surface area contributed by atoms with Crippen LogP contribution in [0.1, 0.15) is 45.8 Å². The molecule has 4 heterocycles. The molecule has 3 aromatic heterocycles. The van der Waals surface area contributed by atoms with Crippen molar-refractivity contribution in [1.82, 2.24) is 24.8 Å². The van der Waals surface area contributed by atoms with Crippen molar-refractivity contribution in [3.8, 4) is 22.6 Å². The second-order valence-electron chi connectivity index (χ2n) is 11.5. The molecule has 1 fully saturated rings. The average molecular weight is 603 g/mol. The number of anilines is 2. The summed E-state index contributed by atoms with van der Waals surface area (Å²) in [7, 11) is 1.84. The van der Waals surface area contributed by atoms with E-state index < -0.39 is 0 Å². The second kappa shape index (κ2) is 13.4. The Morgan fingerprint density at radius 3 is 2.56 bits per heavy atom. The molecular formula is C36H38N6O3. The molecule has 0 amide bonds. The van der Waals surface area contributed by atoms with Gasteiger partial charge < -0.3 is 19.7 Å². The number of carbonyl (C=O) groups excluding carboxylic acids is 1. The number of nitrogens with zero attached hydrogens (tertiary/aromatic N) is 5. The highest BCUT2D eigenvalue weighted by Crippen LogP contribution is 2.37. The second-order valence-corrected chi connectivity index (χ2v) is 11.5. The van der Waals surface area contributed by atoms with E-state index in [-0.39, 0.29) is 12.3 Å². The monoisotopic (exact) mass is 602 g/mol. The van der Waals surface area contributed by atoms with Crippen molar-refractivity contribution >= 4 is 34.8 Å². The Balaban J connectivity index is 1.29. The summed E-state index contributed by atoms with van der Waals surface area (Å²) in [6.07, 6.45) is 10.5. The molecule has 0 aliphatic carbocycles. The van der Waals surface area contributed by atoms with Crippen molar-refractivity contribution in [3.05, 3.63) is 95.3 Å². The van der Waals surface area contributed by atoms with Gasteiger partial charge in [-0.1, -0.05) is 24.3 Å². The van der Waals surface area contributed by atoms with Crippen LogP contribution in [0.15, 0.2) is 71.5 Å². The van der Waals surface area contributed by atoms with E-state index in [1.807, 2.05) is 55.5 Å². The molecule has 0 saturated carbocycles. The number of oxazole rings is 1. The number of aromatic nitrogens is 3. The largest absolute Gasteiger partial charge is 0.436 e. The molecule has 45 heavy (non-hydrogen) atoms. The summed E-state index contributed by atoms with van der Waals surface area (Å²) in [5, 5.41) is 13.8. The maximum absolute atomic E-state index is 11.8. The highest BCUT2D eigenvalue weighted by Gasteiger charge is 2.18. The number of nitrogens with one attached hydrogen (secondary N) is 1. The molecule has 9 nitrogen and oxygen atoms in total. The van der Waals surface area contributed by atoms with Crippen LogP contribution in [0.25, 0.3) is 39.6 Å². The lowest BCUT2D eigenvalue weighted by Gasteiger charge is -2.17. The Morgan fingerprint density at radius 2 is 1.78 bits per heavy atom. The third kappa shape index (κ3) is 6.50. The van der Waals surface area contributed by atoms with E-state index >= 15 is 0 Å². The zero-order valence-electron chi connectivity index (χ0n) is 26.0. The molecule has 2 N–H and O–H groups in total. The molecule has 2 aromatic carbocycles. The van der Waals surface area contributed by atoms with Gasteiger partial charge in [-0.15, -0.1) is 0 Å². The van der Waals surface area contributed by atoms with Crippen LogP contribution in [0.5, 0.6) is 0 Å². The van der Waals surface area contributed by atoms with Crippen LogP contribution in [-0.2, 0) is 6.54 Å². The quantitative estimate of drug-likeness (QED) is 0.161. The Bertz CT molecular complexity index is 1860. The van der Waals surface area contributed by atoms with Crippen molar-refractivity contribution in [2.45, 2.75) is 33.2 Å². The number of benzene rings is 2. The normalized spacial score (nSPS) is 13.6. The number of carbonyl (C=O) groups is 1. The van der Waals surface area contributed by atoms with Gasteiger partial charge in [0.25, 0.3) is 0 Å². The van der Waals surface area contributed by atoms with Crippen LogP contribution in [0, 0.1) is 13.8 Å². The predicted octanol–water partition coefficient (Wildman–Crippen LogP) is 6.62. The van der Waals surface area contributed by atoms with Crippen LogP contribution in [0.3, 0.4) is 0 Å². The van der Waals surface area contributed by atoms with Crippen LogP contribution in [0.4, 0.5) is 11.5 Å². The van der Waals surface area contributed by atoms with Gasteiger partial charge in [0.15, 0.2) is 17.9 Å². The van der Waals surface area contributed by atoms with Gasteiger partial charge in [0.05, 0.1) is 6.61 Å². The van der Waals surface area contributed by atoms with Gasteiger partial charge >= 0.3 is 0 Å². The molecule has 0 spiro atoms. The summed E-state index contributed by atoms with van der Waals surface area (Å²) in [5.41, 5.74) is 8.19. The number of likely N-dealkylation sites (tertiary alicyclic amines) is 1. The van der Waals surface area contributed by atoms with E-state index in [0.717, 1.165) is 69.9 Å². The molecule has 1 aliphatic rings. The molecule has 5 aromatic rings. The van der Waals surface area contributed by atoms with Crippen LogP contribution >= 0.6 is 0 Å². The predicted molar refractivity (Wildman–Crippen MR) is 178 cm³/mol. The fourth-order valence-corrected chi connectivity index (χ4v) is 5.92. The number of rotatable bonds is 11. The highest BCUT2D eigenvalue weighted by atomic mass is 16.4. The first-order valence-electron chi connectivity index (χ1n) is 15.3. The van der Waals surface area contributed by atoms with Crippen LogP contribution < -0.4 is 5.32 Å². The topological polar surface area (TPSA) is 108 Å². The Kier molecular flexibility index (Phi) is 9.00. The number of likely N-dealkylation sites (N-methyl/N-ethyl adjacent to an activating group) is 1. The molecule has 0 radical (unpaired) electrons. The smallest absolute Gasteiger partial charge is 0.227 e. The number of pyridine rings is 2. The van der Waals surface area contributed by atoms with Gasteiger partial charge in [0.2, 0.25) is 5.89 Å². The molecule has 230 valence electrons. The lowest BCUT2D eigenvalue weighted by molar-refractivity contribution is 0.111. The van der Waals surface area contributed by atoms with Crippen molar-refractivity contribution < 1.29 is 14.3 Å². The third-order valence-electron chi connectivity index (χ3n) is 8.43. The number of hydrogen-bond donors (Lipinski definition) is 2. The first-order chi connectivity index (χ1) is 21.9. The number of fused-ring (bicyclic) bond motifs is 1. The summed E-state index contributed by atoms with van der Waals surface area (Å²) in [4.78, 5) is 30.0. The number of hydrogen-bond acceptors (Lipinski definition) is 9. The maximum atomic E-state index is 11.8. The van der Waals surface area contributed by atoms with Gasteiger partial charge in [0.1, 0.15) is 11.2 Å². The molecule has 1 aliphatic heterocycles. The van der Waals surface area contributed by atoms with Crippen molar-refractivity contribution in [2.24, 2.45) is 0 Å².